The molecule has 0 spiro atoms. The Labute approximate surface area is 164 Å². The lowest BCUT2D eigenvalue weighted by molar-refractivity contribution is -0.159. The van der Waals surface area contributed by atoms with E-state index in [-0.39, 0.29) is 18.9 Å². The van der Waals surface area contributed by atoms with Crippen molar-refractivity contribution in [2.75, 3.05) is 6.61 Å². The molecule has 1 aliphatic rings. The third-order valence-electron chi connectivity index (χ3n) is 5.25. The summed E-state index contributed by atoms with van der Waals surface area (Å²) in [7, 11) is 0. The van der Waals surface area contributed by atoms with Crippen LogP contribution in [0.4, 0.5) is 0 Å². The van der Waals surface area contributed by atoms with Crippen LogP contribution in [0.25, 0.3) is 11.1 Å². The number of rotatable bonds is 10. The highest BCUT2D eigenvalue weighted by Crippen LogP contribution is 2.44. The molecule has 1 aliphatic carbocycles. The third kappa shape index (κ3) is 4.30. The molecule has 5 nitrogen and oxygen atoms in total. The third-order valence-corrected chi connectivity index (χ3v) is 5.25. The van der Waals surface area contributed by atoms with Gasteiger partial charge in [-0.1, -0.05) is 61.4 Å². The second-order valence-electron chi connectivity index (χ2n) is 7.05. The molecule has 0 heterocycles. The van der Waals surface area contributed by atoms with Crippen LogP contribution in [0.15, 0.2) is 48.5 Å². The number of ether oxygens (including phenoxy) is 1. The van der Waals surface area contributed by atoms with E-state index in [1.54, 1.807) is 0 Å². The van der Waals surface area contributed by atoms with E-state index in [0.717, 1.165) is 35.0 Å². The van der Waals surface area contributed by atoms with E-state index in [1.807, 2.05) is 36.4 Å². The first-order chi connectivity index (χ1) is 13.6. The Morgan fingerprint density at radius 1 is 0.964 bits per heavy atom. The van der Waals surface area contributed by atoms with Crippen LogP contribution < -0.4 is 0 Å². The molecule has 0 bridgehead atoms. The van der Waals surface area contributed by atoms with Crippen LogP contribution >= 0.6 is 0 Å². The van der Waals surface area contributed by atoms with Gasteiger partial charge in [0.15, 0.2) is 5.92 Å². The van der Waals surface area contributed by atoms with Crippen molar-refractivity contribution in [3.63, 3.8) is 0 Å². The molecule has 2 aromatic rings. The van der Waals surface area contributed by atoms with E-state index < -0.39 is 17.9 Å². The SMILES string of the molecule is O=CCCCCC[C@H](C(=O)O)C(=O)OCC1c2ccccc2-c2ccccc21. The van der Waals surface area contributed by atoms with Crippen LogP contribution in [0.3, 0.4) is 0 Å². The number of hydrogen-bond donors (Lipinski definition) is 1. The Bertz CT molecular complexity index is 812. The summed E-state index contributed by atoms with van der Waals surface area (Å²) in [4.78, 5) is 34.3. The van der Waals surface area contributed by atoms with Crippen LogP contribution in [-0.2, 0) is 19.1 Å². The maximum Gasteiger partial charge on any atom is 0.320 e. The monoisotopic (exact) mass is 380 g/mol. The van der Waals surface area contributed by atoms with Gasteiger partial charge in [0.25, 0.3) is 0 Å². The molecule has 28 heavy (non-hydrogen) atoms. The van der Waals surface area contributed by atoms with Gasteiger partial charge >= 0.3 is 11.9 Å². The van der Waals surface area contributed by atoms with Gasteiger partial charge in [0.05, 0.1) is 0 Å². The molecular formula is C23H24O5. The first-order valence-corrected chi connectivity index (χ1v) is 9.64. The number of carboxylic acid groups (broad SMARTS) is 1. The van der Waals surface area contributed by atoms with Crippen molar-refractivity contribution in [2.45, 2.75) is 38.0 Å². The van der Waals surface area contributed by atoms with Crippen molar-refractivity contribution in [2.24, 2.45) is 5.92 Å². The number of fused-ring (bicyclic) bond motifs is 3. The summed E-state index contributed by atoms with van der Waals surface area (Å²) in [6, 6.07) is 16.0. The van der Waals surface area contributed by atoms with Gasteiger partial charge in [-0.3, -0.25) is 9.59 Å². The second kappa shape index (κ2) is 9.31. The van der Waals surface area contributed by atoms with Gasteiger partial charge in [0.1, 0.15) is 12.9 Å². The smallest absolute Gasteiger partial charge is 0.320 e. The first-order valence-electron chi connectivity index (χ1n) is 9.64. The van der Waals surface area contributed by atoms with Crippen LogP contribution in [0, 0.1) is 5.92 Å². The minimum atomic E-state index is -1.16. The Hall–Kier alpha value is -2.95. The van der Waals surface area contributed by atoms with E-state index in [2.05, 4.69) is 12.1 Å². The molecule has 5 heteroatoms. The summed E-state index contributed by atoms with van der Waals surface area (Å²) in [6.07, 6.45) is 3.54. The lowest BCUT2D eigenvalue weighted by Gasteiger charge is -2.17. The fraction of sp³-hybridized carbons (Fsp3) is 0.348. The van der Waals surface area contributed by atoms with Crippen LogP contribution in [-0.4, -0.2) is 29.9 Å². The van der Waals surface area contributed by atoms with Gasteiger partial charge < -0.3 is 14.6 Å². The van der Waals surface area contributed by atoms with Gasteiger partial charge in [-0.2, -0.15) is 0 Å². The van der Waals surface area contributed by atoms with Crippen molar-refractivity contribution in [3.8, 4) is 11.1 Å². The summed E-state index contributed by atoms with van der Waals surface area (Å²) >= 11 is 0. The number of unbranched alkanes of at least 4 members (excludes halogenated alkanes) is 3. The maximum absolute atomic E-state index is 12.4. The fourth-order valence-corrected chi connectivity index (χ4v) is 3.80. The van der Waals surface area contributed by atoms with E-state index in [4.69, 9.17) is 4.74 Å². The van der Waals surface area contributed by atoms with E-state index in [1.165, 1.54) is 0 Å². The molecule has 2 aromatic carbocycles. The Balaban J connectivity index is 1.64. The average molecular weight is 380 g/mol. The van der Waals surface area contributed by atoms with Gasteiger partial charge in [-0.15, -0.1) is 0 Å². The highest BCUT2D eigenvalue weighted by Gasteiger charge is 2.32. The molecule has 0 fully saturated rings. The molecule has 1 atom stereocenters. The molecule has 0 unspecified atom stereocenters. The summed E-state index contributed by atoms with van der Waals surface area (Å²) in [6.45, 7) is 0.127. The normalized spacial score (nSPS) is 13.4. The topological polar surface area (TPSA) is 80.7 Å². The number of benzene rings is 2. The quantitative estimate of drug-likeness (QED) is 0.289. The van der Waals surface area contributed by atoms with Crippen molar-refractivity contribution < 1.29 is 24.2 Å². The summed E-state index contributed by atoms with van der Waals surface area (Å²) < 4.78 is 5.47. The lowest BCUT2D eigenvalue weighted by atomic mass is 9.97. The van der Waals surface area contributed by atoms with E-state index >= 15 is 0 Å². The zero-order valence-corrected chi connectivity index (χ0v) is 15.7. The second-order valence-corrected chi connectivity index (χ2v) is 7.05. The molecule has 0 saturated carbocycles. The minimum Gasteiger partial charge on any atom is -0.481 e. The van der Waals surface area contributed by atoms with Gasteiger partial charge in [0, 0.05) is 12.3 Å². The molecule has 0 aromatic heterocycles. The van der Waals surface area contributed by atoms with Crippen molar-refractivity contribution >= 4 is 18.2 Å². The summed E-state index contributed by atoms with van der Waals surface area (Å²) in [5.41, 5.74) is 4.45. The zero-order valence-electron chi connectivity index (χ0n) is 15.7. The number of aliphatic carboxylic acids is 1. The molecule has 0 aliphatic heterocycles. The predicted molar refractivity (Wildman–Crippen MR) is 105 cm³/mol. The number of hydrogen-bond acceptors (Lipinski definition) is 4. The Kier molecular flexibility index (Phi) is 6.58. The lowest BCUT2D eigenvalue weighted by Crippen LogP contribution is -2.27. The van der Waals surface area contributed by atoms with Crippen molar-refractivity contribution in [3.05, 3.63) is 59.7 Å². The molecule has 0 saturated heterocycles. The van der Waals surface area contributed by atoms with Crippen LogP contribution in [0.1, 0.15) is 49.1 Å². The largest absolute Gasteiger partial charge is 0.481 e. The van der Waals surface area contributed by atoms with Gasteiger partial charge in [-0.25, -0.2) is 0 Å². The van der Waals surface area contributed by atoms with E-state index in [9.17, 15) is 19.5 Å². The van der Waals surface area contributed by atoms with Crippen LogP contribution in [0.2, 0.25) is 0 Å². The van der Waals surface area contributed by atoms with Crippen molar-refractivity contribution in [1.82, 2.24) is 0 Å². The average Bonchev–Trinajstić information content (AvgIpc) is 3.02. The first kappa shape index (κ1) is 19.8. The minimum absolute atomic E-state index is 0.0848. The summed E-state index contributed by atoms with van der Waals surface area (Å²) in [5.74, 6) is -3.10. The molecular weight excluding hydrogens is 356 g/mol. The highest BCUT2D eigenvalue weighted by atomic mass is 16.5. The number of carbonyl (C=O) groups excluding carboxylic acids is 2. The van der Waals surface area contributed by atoms with Crippen LogP contribution in [0.5, 0.6) is 0 Å². The van der Waals surface area contributed by atoms with E-state index in [0.29, 0.717) is 19.3 Å². The Morgan fingerprint density at radius 3 is 2.14 bits per heavy atom. The predicted octanol–water partition coefficient (Wildman–Crippen LogP) is 4.19. The molecule has 0 radical (unpaired) electrons. The zero-order chi connectivity index (χ0) is 19.9. The standard InChI is InChI=1S/C23H24O5/c24-14-8-2-1-3-13-20(22(25)26)23(27)28-15-21-18-11-6-4-9-16(18)17-10-5-7-12-19(17)21/h4-7,9-12,14,20-21H,1-3,8,13,15H2,(H,25,26)/t20-/m1/s1. The fourth-order valence-electron chi connectivity index (χ4n) is 3.80. The molecule has 146 valence electrons. The number of esters is 1. The van der Waals surface area contributed by atoms with Gasteiger partial charge in [-0.05, 0) is 35.1 Å². The Morgan fingerprint density at radius 2 is 1.57 bits per heavy atom. The number of aldehydes is 1. The molecule has 0 amide bonds. The maximum atomic E-state index is 12.4. The molecule has 3 rings (SSSR count). The molecule has 1 N–H and O–H groups in total. The summed E-state index contributed by atoms with van der Waals surface area (Å²) in [5, 5.41) is 9.40. The number of carboxylic acids is 1. The van der Waals surface area contributed by atoms with Crippen molar-refractivity contribution in [1.29, 1.82) is 0 Å². The number of carbonyl (C=O) groups is 3. The van der Waals surface area contributed by atoms with Gasteiger partial charge in [0.2, 0.25) is 0 Å². The highest BCUT2D eigenvalue weighted by molar-refractivity contribution is 5.94.